The number of benzene rings is 1. The molecule has 1 nitrogen and oxygen atoms in total. The maximum Gasteiger partial charge on any atom is 0.251 e. The molecule has 0 saturated carbocycles. The van der Waals surface area contributed by atoms with Crippen molar-refractivity contribution in [1.82, 2.24) is 4.90 Å². The van der Waals surface area contributed by atoms with Gasteiger partial charge >= 0.3 is 0 Å². The van der Waals surface area contributed by atoms with Crippen LogP contribution in [0.5, 0.6) is 0 Å². The largest absolute Gasteiger partial charge is 0.298 e. The van der Waals surface area contributed by atoms with Crippen molar-refractivity contribution in [2.75, 3.05) is 19.6 Å². The van der Waals surface area contributed by atoms with Crippen LogP contribution in [0.1, 0.15) is 24.3 Å². The Morgan fingerprint density at radius 3 is 2.31 bits per heavy atom. The molecular formula is C13H17F2N. The molecule has 1 aliphatic rings. The van der Waals surface area contributed by atoms with Gasteiger partial charge in [-0.1, -0.05) is 30.3 Å². The Balaban J connectivity index is 1.86. The van der Waals surface area contributed by atoms with Gasteiger partial charge < -0.3 is 0 Å². The molecule has 0 radical (unpaired) electrons. The number of nitrogens with zero attached hydrogens (tertiary/aromatic N) is 1. The molecule has 88 valence electrons. The van der Waals surface area contributed by atoms with Crippen molar-refractivity contribution in [2.24, 2.45) is 0 Å². The molecule has 0 N–H and O–H groups in total. The third-order valence-electron chi connectivity index (χ3n) is 3.25. The van der Waals surface area contributed by atoms with Crippen LogP contribution in [0, 0.1) is 0 Å². The number of likely N-dealkylation sites (tertiary alicyclic amines) is 1. The predicted molar refractivity (Wildman–Crippen MR) is 60.9 cm³/mol. The van der Waals surface area contributed by atoms with Gasteiger partial charge in [0.2, 0.25) is 0 Å². The van der Waals surface area contributed by atoms with Crippen molar-refractivity contribution < 1.29 is 8.78 Å². The zero-order chi connectivity index (χ0) is 11.4. The van der Waals surface area contributed by atoms with E-state index in [1.807, 2.05) is 23.1 Å². The number of piperidine rings is 1. The van der Waals surface area contributed by atoms with E-state index < -0.39 is 6.43 Å². The first-order valence-corrected chi connectivity index (χ1v) is 5.81. The van der Waals surface area contributed by atoms with E-state index in [1.165, 1.54) is 5.56 Å². The maximum absolute atomic E-state index is 12.2. The van der Waals surface area contributed by atoms with Gasteiger partial charge in [-0.2, -0.15) is 0 Å². The molecule has 0 aliphatic carbocycles. The highest BCUT2D eigenvalue weighted by atomic mass is 19.3. The van der Waals surface area contributed by atoms with Crippen molar-refractivity contribution in [3.8, 4) is 0 Å². The highest BCUT2D eigenvalue weighted by molar-refractivity contribution is 5.19. The van der Waals surface area contributed by atoms with E-state index in [2.05, 4.69) is 12.1 Å². The summed E-state index contributed by atoms with van der Waals surface area (Å²) in [5.41, 5.74) is 1.35. The summed E-state index contributed by atoms with van der Waals surface area (Å²) in [6, 6.07) is 10.4. The van der Waals surface area contributed by atoms with Gasteiger partial charge in [0.15, 0.2) is 0 Å². The maximum atomic E-state index is 12.2. The molecule has 0 bridgehead atoms. The lowest BCUT2D eigenvalue weighted by Gasteiger charge is -2.31. The molecule has 1 fully saturated rings. The Morgan fingerprint density at radius 1 is 1.12 bits per heavy atom. The van der Waals surface area contributed by atoms with Gasteiger partial charge in [-0.15, -0.1) is 0 Å². The molecule has 2 rings (SSSR count). The van der Waals surface area contributed by atoms with Crippen LogP contribution < -0.4 is 0 Å². The Bertz CT molecular complexity index is 305. The van der Waals surface area contributed by atoms with Crippen LogP contribution >= 0.6 is 0 Å². The highest BCUT2D eigenvalue weighted by Crippen LogP contribution is 2.27. The first-order valence-electron chi connectivity index (χ1n) is 5.81. The molecule has 0 amide bonds. The van der Waals surface area contributed by atoms with Crippen molar-refractivity contribution in [3.05, 3.63) is 35.9 Å². The van der Waals surface area contributed by atoms with Gasteiger partial charge in [0.25, 0.3) is 6.43 Å². The zero-order valence-corrected chi connectivity index (χ0v) is 9.28. The van der Waals surface area contributed by atoms with Gasteiger partial charge in [0.05, 0.1) is 6.54 Å². The van der Waals surface area contributed by atoms with Gasteiger partial charge in [-0.05, 0) is 37.4 Å². The molecule has 0 aromatic heterocycles. The average molecular weight is 225 g/mol. The fourth-order valence-corrected chi connectivity index (χ4v) is 2.37. The number of rotatable bonds is 3. The van der Waals surface area contributed by atoms with E-state index in [9.17, 15) is 8.78 Å². The summed E-state index contributed by atoms with van der Waals surface area (Å²) in [4.78, 5) is 1.87. The second-order valence-electron chi connectivity index (χ2n) is 4.38. The Morgan fingerprint density at radius 2 is 1.75 bits per heavy atom. The fraction of sp³-hybridized carbons (Fsp3) is 0.538. The fourth-order valence-electron chi connectivity index (χ4n) is 2.37. The molecule has 1 aromatic rings. The molecule has 3 heteroatoms. The first kappa shape index (κ1) is 11.5. The summed E-state index contributed by atoms with van der Waals surface area (Å²) >= 11 is 0. The van der Waals surface area contributed by atoms with Crippen LogP contribution in [-0.4, -0.2) is 31.0 Å². The molecule has 1 saturated heterocycles. The third-order valence-corrected chi connectivity index (χ3v) is 3.25. The topological polar surface area (TPSA) is 3.24 Å². The van der Waals surface area contributed by atoms with Crippen LogP contribution in [0.2, 0.25) is 0 Å². The number of hydrogen-bond acceptors (Lipinski definition) is 1. The summed E-state index contributed by atoms with van der Waals surface area (Å²) < 4.78 is 24.4. The summed E-state index contributed by atoms with van der Waals surface area (Å²) in [6.07, 6.45) is -0.207. The second-order valence-corrected chi connectivity index (χ2v) is 4.38. The smallest absolute Gasteiger partial charge is 0.251 e. The van der Waals surface area contributed by atoms with Gasteiger partial charge in [-0.3, -0.25) is 4.90 Å². The van der Waals surface area contributed by atoms with E-state index in [0.29, 0.717) is 5.92 Å². The lowest BCUT2D eigenvalue weighted by Crippen LogP contribution is -2.36. The van der Waals surface area contributed by atoms with Crippen molar-refractivity contribution in [2.45, 2.75) is 25.2 Å². The Hall–Kier alpha value is -0.960. The van der Waals surface area contributed by atoms with Crippen LogP contribution in [0.25, 0.3) is 0 Å². The number of hydrogen-bond donors (Lipinski definition) is 0. The van der Waals surface area contributed by atoms with Crippen LogP contribution in [0.15, 0.2) is 30.3 Å². The predicted octanol–water partition coefficient (Wildman–Crippen LogP) is 3.13. The molecule has 0 atom stereocenters. The van der Waals surface area contributed by atoms with Crippen molar-refractivity contribution in [3.63, 3.8) is 0 Å². The monoisotopic (exact) mass is 225 g/mol. The second kappa shape index (κ2) is 5.39. The summed E-state index contributed by atoms with van der Waals surface area (Å²) in [6.45, 7) is 1.52. The minimum absolute atomic E-state index is 0.0679. The number of halogens is 2. The minimum atomic E-state index is -2.20. The van der Waals surface area contributed by atoms with E-state index in [0.717, 1.165) is 25.9 Å². The summed E-state index contributed by atoms with van der Waals surface area (Å²) in [5.74, 6) is 0.551. The Labute approximate surface area is 95.1 Å². The van der Waals surface area contributed by atoms with Gasteiger partial charge in [0, 0.05) is 0 Å². The van der Waals surface area contributed by atoms with Gasteiger partial charge in [0.1, 0.15) is 0 Å². The minimum Gasteiger partial charge on any atom is -0.298 e. The Kier molecular flexibility index (Phi) is 3.88. The zero-order valence-electron chi connectivity index (χ0n) is 9.28. The van der Waals surface area contributed by atoms with E-state index >= 15 is 0 Å². The highest BCUT2D eigenvalue weighted by Gasteiger charge is 2.21. The van der Waals surface area contributed by atoms with E-state index in [4.69, 9.17) is 0 Å². The lowest BCUT2D eigenvalue weighted by atomic mass is 9.89. The standard InChI is InChI=1S/C13H17F2N/c14-13(15)10-16-8-6-12(7-9-16)11-4-2-1-3-5-11/h1-5,12-13H,6-10H2. The van der Waals surface area contributed by atoms with Crippen LogP contribution in [0.3, 0.4) is 0 Å². The number of alkyl halides is 2. The molecule has 0 spiro atoms. The first-order chi connectivity index (χ1) is 7.75. The normalized spacial score (nSPS) is 19.2. The average Bonchev–Trinajstić information content (AvgIpc) is 2.30. The SMILES string of the molecule is FC(F)CN1CCC(c2ccccc2)CC1. The molecule has 1 aromatic carbocycles. The summed E-state index contributed by atoms with van der Waals surface area (Å²) in [5, 5.41) is 0. The van der Waals surface area contributed by atoms with E-state index in [-0.39, 0.29) is 6.54 Å². The third kappa shape index (κ3) is 3.01. The van der Waals surface area contributed by atoms with Gasteiger partial charge in [-0.25, -0.2) is 8.78 Å². The van der Waals surface area contributed by atoms with Crippen molar-refractivity contribution in [1.29, 1.82) is 0 Å². The molecule has 0 unspecified atom stereocenters. The molecule has 16 heavy (non-hydrogen) atoms. The lowest BCUT2D eigenvalue weighted by molar-refractivity contribution is 0.0754. The molecule has 1 heterocycles. The summed E-state index contributed by atoms with van der Waals surface area (Å²) in [7, 11) is 0. The molecular weight excluding hydrogens is 208 g/mol. The van der Waals surface area contributed by atoms with Crippen LogP contribution in [0.4, 0.5) is 8.78 Å². The van der Waals surface area contributed by atoms with Crippen LogP contribution in [-0.2, 0) is 0 Å². The van der Waals surface area contributed by atoms with E-state index in [1.54, 1.807) is 0 Å². The van der Waals surface area contributed by atoms with Crippen molar-refractivity contribution >= 4 is 0 Å². The molecule has 1 aliphatic heterocycles. The quantitative estimate of drug-likeness (QED) is 0.764.